The van der Waals surface area contributed by atoms with E-state index in [1.807, 2.05) is 24.3 Å². The van der Waals surface area contributed by atoms with Gasteiger partial charge >= 0.3 is 0 Å². The van der Waals surface area contributed by atoms with Crippen molar-refractivity contribution in [2.75, 3.05) is 19.6 Å². The van der Waals surface area contributed by atoms with Crippen molar-refractivity contribution in [3.05, 3.63) is 75.1 Å². The number of nitrogens with one attached hydrogen (secondary N) is 1. The fourth-order valence-corrected chi connectivity index (χ4v) is 3.59. The molecule has 10 heteroatoms. The molecule has 1 unspecified atom stereocenters. The largest absolute Gasteiger partial charge is 0.338 e. The lowest BCUT2D eigenvalue weighted by atomic mass is 10.0. The van der Waals surface area contributed by atoms with E-state index in [-0.39, 0.29) is 24.1 Å². The summed E-state index contributed by atoms with van der Waals surface area (Å²) in [5, 5.41) is 18.9. The van der Waals surface area contributed by atoms with E-state index in [9.17, 15) is 10.1 Å². The first-order chi connectivity index (χ1) is 13.6. The summed E-state index contributed by atoms with van der Waals surface area (Å²) in [4.78, 5) is 17.1. The van der Waals surface area contributed by atoms with Crippen LogP contribution in [0.1, 0.15) is 17.5 Å². The summed E-state index contributed by atoms with van der Waals surface area (Å²) in [5.41, 5.74) is 1.76. The molecule has 2 aromatic carbocycles. The fraction of sp³-hybridized carbons (Fsp3) is 0.263. The summed E-state index contributed by atoms with van der Waals surface area (Å²) in [5.74, 6) is 0.904. The second-order valence-corrected chi connectivity index (χ2v) is 6.93. The van der Waals surface area contributed by atoms with Crippen LogP contribution < -0.4 is 5.32 Å². The number of piperazine rings is 1. The van der Waals surface area contributed by atoms with Crippen molar-refractivity contribution in [2.45, 2.75) is 12.6 Å². The average molecular weight is 436 g/mol. The van der Waals surface area contributed by atoms with E-state index in [2.05, 4.69) is 20.4 Å². The van der Waals surface area contributed by atoms with Gasteiger partial charge in [-0.3, -0.25) is 15.0 Å². The number of benzene rings is 2. The van der Waals surface area contributed by atoms with Crippen LogP contribution in [0.2, 0.25) is 5.02 Å². The Morgan fingerprint density at radius 3 is 2.72 bits per heavy atom. The molecule has 0 aliphatic carbocycles. The molecule has 152 valence electrons. The number of hydrogen-bond donors (Lipinski definition) is 1. The topological polar surface area (TPSA) is 97.3 Å². The lowest BCUT2D eigenvalue weighted by Gasteiger charge is -2.35. The SMILES string of the molecule is Cl.O=[N+]([O-])c1ccc(-c2noc(CN3CCNCC3c3ccccc3Cl)n2)cc1. The molecule has 0 spiro atoms. The Bertz CT molecular complexity index is 980. The molecule has 1 fully saturated rings. The smallest absolute Gasteiger partial charge is 0.269 e. The summed E-state index contributed by atoms with van der Waals surface area (Å²) in [7, 11) is 0. The van der Waals surface area contributed by atoms with Gasteiger partial charge in [0, 0.05) is 48.4 Å². The van der Waals surface area contributed by atoms with Gasteiger partial charge < -0.3 is 9.84 Å². The number of nitro groups is 1. The molecule has 29 heavy (non-hydrogen) atoms. The second kappa shape index (κ2) is 9.32. The molecule has 0 bridgehead atoms. The van der Waals surface area contributed by atoms with E-state index in [1.54, 1.807) is 12.1 Å². The summed E-state index contributed by atoms with van der Waals surface area (Å²) >= 11 is 6.39. The third kappa shape index (κ3) is 4.73. The van der Waals surface area contributed by atoms with Crippen LogP contribution in [0.3, 0.4) is 0 Å². The average Bonchev–Trinajstić information content (AvgIpc) is 3.18. The lowest BCUT2D eigenvalue weighted by Crippen LogP contribution is -2.45. The van der Waals surface area contributed by atoms with Crippen molar-refractivity contribution in [1.82, 2.24) is 20.4 Å². The van der Waals surface area contributed by atoms with Gasteiger partial charge in [-0.15, -0.1) is 12.4 Å². The maximum Gasteiger partial charge on any atom is 0.269 e. The van der Waals surface area contributed by atoms with Gasteiger partial charge in [0.25, 0.3) is 5.69 Å². The monoisotopic (exact) mass is 435 g/mol. The van der Waals surface area contributed by atoms with Crippen LogP contribution in [0.15, 0.2) is 53.1 Å². The number of rotatable bonds is 5. The Hall–Kier alpha value is -2.52. The standard InChI is InChI=1S/C19H18ClN5O3.ClH/c20-16-4-2-1-3-15(16)17-11-21-9-10-24(17)12-18-22-19(23-28-18)13-5-7-14(8-6-13)25(26)27;/h1-8,17,21H,9-12H2;1H. The highest BCUT2D eigenvalue weighted by Crippen LogP contribution is 2.29. The zero-order valence-corrected chi connectivity index (χ0v) is 16.9. The Morgan fingerprint density at radius 2 is 2.00 bits per heavy atom. The maximum atomic E-state index is 10.8. The van der Waals surface area contributed by atoms with Gasteiger partial charge in [-0.25, -0.2) is 0 Å². The normalized spacial score (nSPS) is 16.9. The zero-order valence-electron chi connectivity index (χ0n) is 15.3. The van der Waals surface area contributed by atoms with Gasteiger partial charge in [0.15, 0.2) is 0 Å². The van der Waals surface area contributed by atoms with Crippen molar-refractivity contribution < 1.29 is 9.45 Å². The zero-order chi connectivity index (χ0) is 19.5. The quantitative estimate of drug-likeness (QED) is 0.479. The van der Waals surface area contributed by atoms with Gasteiger partial charge in [0.2, 0.25) is 11.7 Å². The second-order valence-electron chi connectivity index (χ2n) is 6.53. The molecule has 0 radical (unpaired) electrons. The number of hydrogen-bond acceptors (Lipinski definition) is 7. The van der Waals surface area contributed by atoms with E-state index in [1.165, 1.54) is 12.1 Å². The van der Waals surface area contributed by atoms with E-state index in [0.29, 0.717) is 23.8 Å². The Balaban J connectivity index is 0.00000240. The Kier molecular flexibility index (Phi) is 6.81. The minimum atomic E-state index is -0.440. The molecule has 1 aromatic heterocycles. The Morgan fingerprint density at radius 1 is 1.24 bits per heavy atom. The van der Waals surface area contributed by atoms with Crippen molar-refractivity contribution in [1.29, 1.82) is 0 Å². The van der Waals surface area contributed by atoms with Gasteiger partial charge in [-0.2, -0.15) is 4.98 Å². The van der Waals surface area contributed by atoms with Crippen molar-refractivity contribution in [3.8, 4) is 11.4 Å². The van der Waals surface area contributed by atoms with Crippen LogP contribution in [0, 0.1) is 10.1 Å². The predicted molar refractivity (Wildman–Crippen MR) is 111 cm³/mol. The minimum absolute atomic E-state index is 0. The van der Waals surface area contributed by atoms with E-state index in [4.69, 9.17) is 16.1 Å². The first kappa shape index (κ1) is 21.2. The molecule has 1 saturated heterocycles. The maximum absolute atomic E-state index is 10.8. The molecule has 2 heterocycles. The van der Waals surface area contributed by atoms with E-state index in [0.717, 1.165) is 30.2 Å². The minimum Gasteiger partial charge on any atom is -0.338 e. The van der Waals surface area contributed by atoms with Crippen LogP contribution in [0.4, 0.5) is 5.69 Å². The van der Waals surface area contributed by atoms with Gasteiger partial charge in [0.1, 0.15) is 0 Å². The molecule has 4 rings (SSSR count). The first-order valence-corrected chi connectivity index (χ1v) is 9.26. The number of non-ortho nitro benzene ring substituents is 1. The van der Waals surface area contributed by atoms with Crippen molar-refractivity contribution >= 4 is 29.7 Å². The molecule has 1 N–H and O–H groups in total. The van der Waals surface area contributed by atoms with Crippen LogP contribution in [-0.2, 0) is 6.54 Å². The third-order valence-corrected chi connectivity index (χ3v) is 5.11. The van der Waals surface area contributed by atoms with Crippen LogP contribution >= 0.6 is 24.0 Å². The van der Waals surface area contributed by atoms with E-state index >= 15 is 0 Å². The van der Waals surface area contributed by atoms with Crippen LogP contribution in [0.25, 0.3) is 11.4 Å². The molecule has 8 nitrogen and oxygen atoms in total. The molecule has 1 aliphatic rings. The van der Waals surface area contributed by atoms with Gasteiger partial charge in [-0.05, 0) is 23.8 Å². The number of halogens is 2. The Labute approximate surface area is 178 Å². The van der Waals surface area contributed by atoms with E-state index < -0.39 is 4.92 Å². The number of aromatic nitrogens is 2. The molecular weight excluding hydrogens is 417 g/mol. The summed E-state index contributed by atoms with van der Waals surface area (Å²) in [6.45, 7) is 2.97. The summed E-state index contributed by atoms with van der Waals surface area (Å²) < 4.78 is 5.42. The molecule has 3 aromatic rings. The highest BCUT2D eigenvalue weighted by Gasteiger charge is 2.27. The molecule has 0 saturated carbocycles. The summed E-state index contributed by atoms with van der Waals surface area (Å²) in [6.07, 6.45) is 0. The van der Waals surface area contributed by atoms with Crippen LogP contribution in [-0.4, -0.2) is 39.6 Å². The third-order valence-electron chi connectivity index (χ3n) is 4.76. The highest BCUT2D eigenvalue weighted by atomic mass is 35.5. The number of nitro benzene ring substituents is 1. The first-order valence-electron chi connectivity index (χ1n) is 8.88. The van der Waals surface area contributed by atoms with Gasteiger partial charge in [-0.1, -0.05) is 35.0 Å². The summed E-state index contributed by atoms with van der Waals surface area (Å²) in [6, 6.07) is 14.0. The molecule has 0 amide bonds. The molecule has 1 atom stereocenters. The van der Waals surface area contributed by atoms with Crippen molar-refractivity contribution in [2.24, 2.45) is 0 Å². The van der Waals surface area contributed by atoms with Crippen molar-refractivity contribution in [3.63, 3.8) is 0 Å². The molecular formula is C19H19Cl2N5O3. The lowest BCUT2D eigenvalue weighted by molar-refractivity contribution is -0.384. The van der Waals surface area contributed by atoms with Gasteiger partial charge in [0.05, 0.1) is 11.5 Å². The number of nitrogens with zero attached hydrogens (tertiary/aromatic N) is 4. The molecule has 1 aliphatic heterocycles. The fourth-order valence-electron chi connectivity index (χ4n) is 3.33. The predicted octanol–water partition coefficient (Wildman–Crippen LogP) is 3.87. The van der Waals surface area contributed by atoms with Crippen LogP contribution in [0.5, 0.6) is 0 Å². The highest BCUT2D eigenvalue weighted by molar-refractivity contribution is 6.31.